The Labute approximate surface area is 154 Å². The SMILES string of the molecule is CN(C[C@@H]1CCCN(CCc2ccc(Cl)cc2)C1)C(=O)c1cn[nH]c1. The number of amides is 1. The number of piperidine rings is 1. The fraction of sp³-hybridized carbons (Fsp3) is 0.474. The summed E-state index contributed by atoms with van der Waals surface area (Å²) >= 11 is 5.94. The van der Waals surface area contributed by atoms with E-state index in [-0.39, 0.29) is 5.91 Å². The predicted molar refractivity (Wildman–Crippen MR) is 99.9 cm³/mol. The topological polar surface area (TPSA) is 52.2 Å². The molecule has 1 saturated heterocycles. The van der Waals surface area contributed by atoms with Crippen LogP contribution < -0.4 is 0 Å². The van der Waals surface area contributed by atoms with Crippen LogP contribution in [0.1, 0.15) is 28.8 Å². The minimum atomic E-state index is 0.0343. The van der Waals surface area contributed by atoms with E-state index in [1.54, 1.807) is 12.4 Å². The number of hydrogen-bond acceptors (Lipinski definition) is 3. The average molecular weight is 361 g/mol. The summed E-state index contributed by atoms with van der Waals surface area (Å²) < 4.78 is 0. The molecule has 6 heteroatoms. The van der Waals surface area contributed by atoms with Crippen LogP contribution in [0.25, 0.3) is 0 Å². The second-order valence-corrected chi connectivity index (χ2v) is 7.29. The highest BCUT2D eigenvalue weighted by Gasteiger charge is 2.23. The number of likely N-dealkylation sites (tertiary alicyclic amines) is 1. The van der Waals surface area contributed by atoms with Crippen LogP contribution >= 0.6 is 11.6 Å². The molecule has 1 atom stereocenters. The van der Waals surface area contributed by atoms with Crippen molar-refractivity contribution >= 4 is 17.5 Å². The fourth-order valence-corrected chi connectivity index (χ4v) is 3.63. The number of benzene rings is 1. The Morgan fingerprint density at radius 2 is 2.20 bits per heavy atom. The molecule has 1 aliphatic rings. The van der Waals surface area contributed by atoms with E-state index in [1.165, 1.54) is 18.4 Å². The van der Waals surface area contributed by atoms with Crippen LogP contribution in [0, 0.1) is 5.92 Å². The summed E-state index contributed by atoms with van der Waals surface area (Å²) in [7, 11) is 1.88. The molecule has 1 amide bonds. The Balaban J connectivity index is 1.47. The number of carbonyl (C=O) groups is 1. The Morgan fingerprint density at radius 1 is 1.40 bits per heavy atom. The molecule has 0 spiro atoms. The molecule has 3 rings (SSSR count). The molecule has 0 saturated carbocycles. The third-order valence-electron chi connectivity index (χ3n) is 4.86. The van der Waals surface area contributed by atoms with Crippen LogP contribution in [0.4, 0.5) is 0 Å². The lowest BCUT2D eigenvalue weighted by Gasteiger charge is -2.34. The molecule has 0 aliphatic carbocycles. The monoisotopic (exact) mass is 360 g/mol. The molecule has 1 fully saturated rings. The van der Waals surface area contributed by atoms with Gasteiger partial charge in [0.1, 0.15) is 0 Å². The van der Waals surface area contributed by atoms with E-state index in [1.807, 2.05) is 24.1 Å². The average Bonchev–Trinajstić information content (AvgIpc) is 3.15. The number of rotatable bonds is 6. The molecule has 1 aromatic carbocycles. The summed E-state index contributed by atoms with van der Waals surface area (Å²) in [5, 5.41) is 7.34. The first kappa shape index (κ1) is 18.0. The van der Waals surface area contributed by atoms with E-state index in [9.17, 15) is 4.79 Å². The zero-order valence-electron chi connectivity index (χ0n) is 14.6. The van der Waals surface area contributed by atoms with Crippen LogP contribution in [-0.4, -0.2) is 59.1 Å². The molecule has 0 bridgehead atoms. The first-order chi connectivity index (χ1) is 12.1. The summed E-state index contributed by atoms with van der Waals surface area (Å²) in [5.74, 6) is 0.562. The van der Waals surface area contributed by atoms with Gasteiger partial charge in [-0.2, -0.15) is 5.10 Å². The van der Waals surface area contributed by atoms with Crippen molar-refractivity contribution in [3.8, 4) is 0 Å². The van der Waals surface area contributed by atoms with Gasteiger partial charge in [-0.25, -0.2) is 0 Å². The van der Waals surface area contributed by atoms with E-state index in [0.29, 0.717) is 11.5 Å². The molecular formula is C19H25ClN4O. The Morgan fingerprint density at radius 3 is 2.92 bits per heavy atom. The van der Waals surface area contributed by atoms with Gasteiger partial charge in [0.25, 0.3) is 5.91 Å². The van der Waals surface area contributed by atoms with Crippen molar-refractivity contribution in [1.29, 1.82) is 0 Å². The standard InChI is InChI=1S/C19H25ClN4O/c1-23(19(25)17-11-21-22-12-17)13-16-3-2-9-24(14-16)10-8-15-4-6-18(20)7-5-15/h4-7,11-12,16H,2-3,8-10,13-14H2,1H3,(H,21,22)/t16-/m0/s1. The van der Waals surface area contributed by atoms with Gasteiger partial charge >= 0.3 is 0 Å². The first-order valence-electron chi connectivity index (χ1n) is 8.83. The molecule has 0 radical (unpaired) electrons. The zero-order chi connectivity index (χ0) is 17.6. The highest BCUT2D eigenvalue weighted by atomic mass is 35.5. The van der Waals surface area contributed by atoms with Crippen LogP contribution in [0.2, 0.25) is 5.02 Å². The highest BCUT2D eigenvalue weighted by Crippen LogP contribution is 2.19. The van der Waals surface area contributed by atoms with Gasteiger partial charge in [-0.1, -0.05) is 23.7 Å². The predicted octanol–water partition coefficient (Wildman–Crippen LogP) is 3.09. The molecule has 25 heavy (non-hydrogen) atoms. The van der Waals surface area contributed by atoms with Crippen LogP contribution in [-0.2, 0) is 6.42 Å². The lowest BCUT2D eigenvalue weighted by atomic mass is 9.97. The number of H-pyrrole nitrogens is 1. The van der Waals surface area contributed by atoms with Gasteiger partial charge in [-0.05, 0) is 49.4 Å². The van der Waals surface area contributed by atoms with Gasteiger partial charge in [0.2, 0.25) is 0 Å². The van der Waals surface area contributed by atoms with Gasteiger partial charge in [-0.15, -0.1) is 0 Å². The van der Waals surface area contributed by atoms with Gasteiger partial charge in [0.05, 0.1) is 11.8 Å². The van der Waals surface area contributed by atoms with E-state index in [4.69, 9.17) is 11.6 Å². The maximum atomic E-state index is 12.3. The molecular weight excluding hydrogens is 336 g/mol. The van der Waals surface area contributed by atoms with Crippen molar-refractivity contribution in [1.82, 2.24) is 20.0 Å². The zero-order valence-corrected chi connectivity index (χ0v) is 15.4. The maximum Gasteiger partial charge on any atom is 0.256 e. The third kappa shape index (κ3) is 5.06. The quantitative estimate of drug-likeness (QED) is 0.861. The molecule has 2 aromatic rings. The summed E-state index contributed by atoms with van der Waals surface area (Å²) in [6.07, 6.45) is 6.64. The number of aromatic amines is 1. The Bertz CT molecular complexity index is 671. The van der Waals surface area contributed by atoms with Crippen molar-refractivity contribution in [3.05, 3.63) is 52.8 Å². The minimum Gasteiger partial charge on any atom is -0.341 e. The molecule has 2 heterocycles. The number of nitrogens with zero attached hydrogens (tertiary/aromatic N) is 3. The van der Waals surface area contributed by atoms with E-state index < -0.39 is 0 Å². The van der Waals surface area contributed by atoms with Crippen LogP contribution in [0.15, 0.2) is 36.7 Å². The Kier molecular flexibility index (Phi) is 6.10. The normalized spacial score (nSPS) is 18.2. The highest BCUT2D eigenvalue weighted by molar-refractivity contribution is 6.30. The molecule has 5 nitrogen and oxygen atoms in total. The van der Waals surface area contributed by atoms with Gasteiger partial charge in [-0.3, -0.25) is 9.89 Å². The van der Waals surface area contributed by atoms with Crippen molar-refractivity contribution < 1.29 is 4.79 Å². The number of hydrogen-bond donors (Lipinski definition) is 1. The lowest BCUT2D eigenvalue weighted by molar-refractivity contribution is 0.0730. The summed E-state index contributed by atoms with van der Waals surface area (Å²) in [6.45, 7) is 4.04. The van der Waals surface area contributed by atoms with Crippen molar-refractivity contribution in [2.24, 2.45) is 5.92 Å². The second kappa shape index (κ2) is 8.50. The summed E-state index contributed by atoms with van der Waals surface area (Å²) in [4.78, 5) is 16.7. The summed E-state index contributed by atoms with van der Waals surface area (Å²) in [6, 6.07) is 8.10. The first-order valence-corrected chi connectivity index (χ1v) is 9.20. The molecule has 1 aliphatic heterocycles. The van der Waals surface area contributed by atoms with Crippen molar-refractivity contribution in [2.75, 3.05) is 33.2 Å². The Hall–Kier alpha value is -1.85. The molecule has 0 unspecified atom stereocenters. The van der Waals surface area contributed by atoms with Crippen molar-refractivity contribution in [3.63, 3.8) is 0 Å². The largest absolute Gasteiger partial charge is 0.341 e. The molecule has 134 valence electrons. The van der Waals surface area contributed by atoms with Crippen LogP contribution in [0.5, 0.6) is 0 Å². The van der Waals surface area contributed by atoms with Gasteiger partial charge in [0, 0.05) is 37.9 Å². The smallest absolute Gasteiger partial charge is 0.256 e. The van der Waals surface area contributed by atoms with E-state index in [2.05, 4.69) is 27.2 Å². The summed E-state index contributed by atoms with van der Waals surface area (Å²) in [5.41, 5.74) is 1.94. The van der Waals surface area contributed by atoms with E-state index >= 15 is 0 Å². The number of halogens is 1. The molecule has 1 N–H and O–H groups in total. The van der Waals surface area contributed by atoms with Gasteiger partial charge < -0.3 is 9.80 Å². The van der Waals surface area contributed by atoms with Gasteiger partial charge in [0.15, 0.2) is 0 Å². The van der Waals surface area contributed by atoms with E-state index in [0.717, 1.165) is 37.6 Å². The lowest BCUT2D eigenvalue weighted by Crippen LogP contribution is -2.42. The molecule has 1 aromatic heterocycles. The fourth-order valence-electron chi connectivity index (χ4n) is 3.50. The maximum absolute atomic E-state index is 12.3. The second-order valence-electron chi connectivity index (χ2n) is 6.86. The third-order valence-corrected chi connectivity index (χ3v) is 5.11. The minimum absolute atomic E-state index is 0.0343. The number of aromatic nitrogens is 2. The van der Waals surface area contributed by atoms with Crippen LogP contribution in [0.3, 0.4) is 0 Å². The number of nitrogens with one attached hydrogen (secondary N) is 1. The van der Waals surface area contributed by atoms with Crippen molar-refractivity contribution in [2.45, 2.75) is 19.3 Å². The number of carbonyl (C=O) groups excluding carboxylic acids is 1.